The van der Waals surface area contributed by atoms with Crippen LogP contribution in [0.2, 0.25) is 6.04 Å². The normalized spacial score (nSPS) is 11.5. The van der Waals surface area contributed by atoms with Gasteiger partial charge in [-0.25, -0.2) is 4.79 Å². The number of primary amides is 1. The van der Waals surface area contributed by atoms with Gasteiger partial charge >= 0.3 is 14.8 Å². The summed E-state index contributed by atoms with van der Waals surface area (Å²) in [6.45, 7) is 0.556. The van der Waals surface area contributed by atoms with Gasteiger partial charge in [0.1, 0.15) is 0 Å². The Bertz CT molecular complexity index is 195. The first-order chi connectivity index (χ1) is 7.01. The van der Waals surface area contributed by atoms with Crippen molar-refractivity contribution in [2.45, 2.75) is 12.5 Å². The zero-order valence-electron chi connectivity index (χ0n) is 9.16. The molecule has 0 fully saturated rings. The molecular formula is C7H17IN2O4Si. The third kappa shape index (κ3) is 5.11. The van der Waals surface area contributed by atoms with Crippen LogP contribution in [0.3, 0.4) is 0 Å². The lowest BCUT2D eigenvalue weighted by molar-refractivity contribution is 0.122. The molecule has 0 aromatic rings. The molecule has 0 spiro atoms. The van der Waals surface area contributed by atoms with Crippen molar-refractivity contribution in [2.75, 3.05) is 27.9 Å². The summed E-state index contributed by atoms with van der Waals surface area (Å²) >= 11 is 1.87. The molecular weight excluding hydrogens is 331 g/mol. The number of nitrogens with zero attached hydrogens (tertiary/aromatic N) is 1. The molecule has 0 rings (SSSR count). The number of carbonyl (C=O) groups excluding carboxylic acids is 1. The molecule has 6 nitrogen and oxygen atoms in total. The minimum absolute atomic E-state index is 0.449. The van der Waals surface area contributed by atoms with Crippen LogP contribution in [0, 0.1) is 0 Å². The minimum atomic E-state index is -2.50. The average Bonchev–Trinajstić information content (AvgIpc) is 2.24. The van der Waals surface area contributed by atoms with E-state index in [1.54, 1.807) is 21.3 Å². The zero-order chi connectivity index (χ0) is 11.9. The first kappa shape index (κ1) is 15.1. The molecule has 0 heterocycles. The Morgan fingerprint density at radius 2 is 1.80 bits per heavy atom. The molecule has 0 aliphatic carbocycles. The predicted molar refractivity (Wildman–Crippen MR) is 66.5 cm³/mol. The van der Waals surface area contributed by atoms with Crippen molar-refractivity contribution in [1.29, 1.82) is 0 Å². The second kappa shape index (κ2) is 7.38. The SMILES string of the molecule is CO[Si](CCCN(I)C(N)=O)(OC)OC. The molecule has 0 bridgehead atoms. The van der Waals surface area contributed by atoms with E-state index in [2.05, 4.69) is 0 Å². The Morgan fingerprint density at radius 1 is 1.33 bits per heavy atom. The Balaban J connectivity index is 3.96. The van der Waals surface area contributed by atoms with E-state index < -0.39 is 14.8 Å². The number of hydrogen-bond donors (Lipinski definition) is 1. The van der Waals surface area contributed by atoms with Crippen molar-refractivity contribution in [3.63, 3.8) is 0 Å². The molecule has 0 aliphatic rings. The van der Waals surface area contributed by atoms with Crippen molar-refractivity contribution < 1.29 is 18.1 Å². The first-order valence-electron chi connectivity index (χ1n) is 4.39. The van der Waals surface area contributed by atoms with E-state index in [0.29, 0.717) is 12.6 Å². The van der Waals surface area contributed by atoms with Gasteiger partial charge < -0.3 is 19.0 Å². The van der Waals surface area contributed by atoms with Gasteiger partial charge in [0.05, 0.1) is 22.9 Å². The van der Waals surface area contributed by atoms with Gasteiger partial charge in [-0.15, -0.1) is 0 Å². The number of urea groups is 1. The zero-order valence-corrected chi connectivity index (χ0v) is 12.3. The second-order valence-electron chi connectivity index (χ2n) is 2.82. The summed E-state index contributed by atoms with van der Waals surface area (Å²) < 4.78 is 17.1. The molecule has 8 heteroatoms. The summed E-state index contributed by atoms with van der Waals surface area (Å²) in [5.74, 6) is 0. The molecule has 0 aliphatic heterocycles. The van der Waals surface area contributed by atoms with Gasteiger partial charge in [-0.05, 0) is 6.42 Å². The largest absolute Gasteiger partial charge is 0.500 e. The summed E-state index contributed by atoms with van der Waals surface area (Å²) in [6, 6.07) is 0.207. The van der Waals surface area contributed by atoms with Crippen LogP contribution < -0.4 is 5.73 Å². The van der Waals surface area contributed by atoms with Gasteiger partial charge in [-0.1, -0.05) is 0 Å². The lowest BCUT2D eigenvalue weighted by atomic mass is 10.5. The quantitative estimate of drug-likeness (QED) is 0.423. The van der Waals surface area contributed by atoms with Crippen LogP contribution in [0.5, 0.6) is 0 Å². The monoisotopic (exact) mass is 348 g/mol. The molecule has 0 saturated heterocycles. The van der Waals surface area contributed by atoms with Gasteiger partial charge in [-0.2, -0.15) is 0 Å². The van der Waals surface area contributed by atoms with E-state index in [4.69, 9.17) is 19.0 Å². The van der Waals surface area contributed by atoms with E-state index >= 15 is 0 Å². The first-order valence-corrected chi connectivity index (χ1v) is 7.29. The maximum atomic E-state index is 10.7. The number of hydrogen-bond acceptors (Lipinski definition) is 4. The summed E-state index contributed by atoms with van der Waals surface area (Å²) in [4.78, 5) is 10.7. The number of amides is 2. The van der Waals surface area contributed by atoms with E-state index in [9.17, 15) is 4.79 Å². The number of carbonyl (C=O) groups is 1. The second-order valence-corrected chi connectivity index (χ2v) is 7.08. The molecule has 0 radical (unpaired) electrons. The topological polar surface area (TPSA) is 74.0 Å². The van der Waals surface area contributed by atoms with E-state index in [1.807, 2.05) is 22.9 Å². The maximum Gasteiger partial charge on any atom is 0.500 e. The van der Waals surface area contributed by atoms with Crippen molar-refractivity contribution in [3.8, 4) is 0 Å². The van der Waals surface area contributed by atoms with Crippen molar-refractivity contribution >= 4 is 37.7 Å². The molecule has 2 amide bonds. The highest BCUT2D eigenvalue weighted by Crippen LogP contribution is 2.16. The smallest absolute Gasteiger partial charge is 0.377 e. The molecule has 90 valence electrons. The Hall–Kier alpha value is 0.0969. The van der Waals surface area contributed by atoms with Crippen LogP contribution in [-0.4, -0.2) is 45.8 Å². The number of halogens is 1. The number of nitrogens with two attached hydrogens (primary N) is 1. The Labute approximate surface area is 105 Å². The van der Waals surface area contributed by atoms with Crippen LogP contribution in [0.1, 0.15) is 6.42 Å². The van der Waals surface area contributed by atoms with E-state index in [1.165, 1.54) is 3.11 Å². The molecule has 15 heavy (non-hydrogen) atoms. The van der Waals surface area contributed by atoms with Gasteiger partial charge in [0.25, 0.3) is 0 Å². The standard InChI is InChI=1S/C7H17IN2O4Si/c1-12-15(13-2,14-3)6-4-5-10(8)7(9)11/h4-6H2,1-3H3,(H2,9,11). The molecule has 2 N–H and O–H groups in total. The Morgan fingerprint density at radius 3 is 2.13 bits per heavy atom. The van der Waals surface area contributed by atoms with Crippen LogP contribution in [-0.2, 0) is 13.3 Å². The fraction of sp³-hybridized carbons (Fsp3) is 0.857. The lowest BCUT2D eigenvalue weighted by Crippen LogP contribution is -2.43. The van der Waals surface area contributed by atoms with Gasteiger partial charge in [-0.3, -0.25) is 3.11 Å². The molecule has 0 aromatic carbocycles. The highest BCUT2D eigenvalue weighted by molar-refractivity contribution is 14.1. The maximum absolute atomic E-state index is 10.7. The van der Waals surface area contributed by atoms with Crippen LogP contribution in [0.15, 0.2) is 0 Å². The van der Waals surface area contributed by atoms with Gasteiger partial charge in [0.15, 0.2) is 0 Å². The van der Waals surface area contributed by atoms with Crippen LogP contribution >= 0.6 is 22.9 Å². The van der Waals surface area contributed by atoms with E-state index in [0.717, 1.165) is 6.42 Å². The molecule has 0 unspecified atom stereocenters. The lowest BCUT2D eigenvalue weighted by Gasteiger charge is -2.24. The minimum Gasteiger partial charge on any atom is -0.377 e. The van der Waals surface area contributed by atoms with Gasteiger partial charge in [0, 0.05) is 33.9 Å². The highest BCUT2D eigenvalue weighted by atomic mass is 127. The third-order valence-electron chi connectivity index (χ3n) is 2.01. The summed E-state index contributed by atoms with van der Waals surface area (Å²) in [6.07, 6.45) is 0.730. The summed E-state index contributed by atoms with van der Waals surface area (Å²) in [5.41, 5.74) is 5.08. The third-order valence-corrected chi connectivity index (χ3v) is 5.80. The van der Waals surface area contributed by atoms with Crippen LogP contribution in [0.25, 0.3) is 0 Å². The van der Waals surface area contributed by atoms with Crippen molar-refractivity contribution in [1.82, 2.24) is 3.11 Å². The summed E-state index contributed by atoms with van der Waals surface area (Å²) in [5, 5.41) is 0. The van der Waals surface area contributed by atoms with Gasteiger partial charge in [0.2, 0.25) is 0 Å². The van der Waals surface area contributed by atoms with Crippen LogP contribution in [0.4, 0.5) is 4.79 Å². The Kier molecular flexibility index (Phi) is 7.43. The molecule has 0 saturated carbocycles. The fourth-order valence-corrected chi connectivity index (χ4v) is 3.15. The fourth-order valence-electron chi connectivity index (χ4n) is 1.10. The average molecular weight is 348 g/mol. The molecule has 0 aromatic heterocycles. The highest BCUT2D eigenvalue weighted by Gasteiger charge is 2.37. The van der Waals surface area contributed by atoms with Crippen molar-refractivity contribution in [2.24, 2.45) is 5.73 Å². The predicted octanol–water partition coefficient (Wildman–Crippen LogP) is 0.985. The van der Waals surface area contributed by atoms with E-state index in [-0.39, 0.29) is 0 Å². The summed E-state index contributed by atoms with van der Waals surface area (Å²) in [7, 11) is 2.19. The van der Waals surface area contributed by atoms with Crippen molar-refractivity contribution in [3.05, 3.63) is 0 Å². The molecule has 0 atom stereocenters. The number of rotatable bonds is 7.